The number of hydrogen-bond acceptors (Lipinski definition) is 3. The van der Waals surface area contributed by atoms with E-state index >= 15 is 0 Å². The Balaban J connectivity index is 2.10. The van der Waals surface area contributed by atoms with Gasteiger partial charge in [0.25, 0.3) is 0 Å². The predicted molar refractivity (Wildman–Crippen MR) is 96.8 cm³/mol. The standard InChI is InChI=1S/C14H14BrCl2NO2S2/c1-8-3-4-10(9(2)7-8)5-6-18-22(19,20)12-11(15)13(16)21-14(12)17/h3-4,7,18H,5-6H2,1-2H3. The molecule has 1 N–H and O–H groups in total. The minimum atomic E-state index is -3.69. The van der Waals surface area contributed by atoms with Crippen LogP contribution in [-0.4, -0.2) is 15.0 Å². The largest absolute Gasteiger partial charge is 0.244 e. The third kappa shape index (κ3) is 4.04. The average Bonchev–Trinajstić information content (AvgIpc) is 2.66. The number of aryl methyl sites for hydroxylation is 2. The molecule has 0 aliphatic rings. The van der Waals surface area contributed by atoms with Gasteiger partial charge in [-0.05, 0) is 47.3 Å². The van der Waals surface area contributed by atoms with E-state index in [9.17, 15) is 8.42 Å². The molecule has 0 unspecified atom stereocenters. The highest BCUT2D eigenvalue weighted by Gasteiger charge is 2.25. The predicted octanol–water partition coefficient (Wildman–Crippen LogP) is 4.96. The van der Waals surface area contributed by atoms with Gasteiger partial charge >= 0.3 is 0 Å². The number of thiophene rings is 1. The zero-order valence-corrected chi connectivity index (χ0v) is 16.6. The SMILES string of the molecule is Cc1ccc(CCNS(=O)(=O)c2c(Cl)sc(Cl)c2Br)c(C)c1. The van der Waals surface area contributed by atoms with E-state index in [1.807, 2.05) is 26.0 Å². The molecule has 2 rings (SSSR count). The van der Waals surface area contributed by atoms with Crippen molar-refractivity contribution in [3.05, 3.63) is 48.0 Å². The summed E-state index contributed by atoms with van der Waals surface area (Å²) in [5.74, 6) is 0. The summed E-state index contributed by atoms with van der Waals surface area (Å²) in [7, 11) is -3.69. The van der Waals surface area contributed by atoms with Crippen LogP contribution in [0.3, 0.4) is 0 Å². The third-order valence-corrected chi connectivity index (χ3v) is 8.11. The number of sulfonamides is 1. The molecular formula is C14H14BrCl2NO2S2. The van der Waals surface area contributed by atoms with Gasteiger partial charge in [0.2, 0.25) is 10.0 Å². The van der Waals surface area contributed by atoms with E-state index in [0.29, 0.717) is 21.8 Å². The van der Waals surface area contributed by atoms with Crippen LogP contribution in [0.15, 0.2) is 27.6 Å². The summed E-state index contributed by atoms with van der Waals surface area (Å²) in [6, 6.07) is 6.11. The fourth-order valence-electron chi connectivity index (χ4n) is 2.09. The van der Waals surface area contributed by atoms with Crippen LogP contribution in [0.4, 0.5) is 0 Å². The summed E-state index contributed by atoms with van der Waals surface area (Å²) in [6.07, 6.45) is 0.610. The molecule has 0 amide bonds. The normalized spacial score (nSPS) is 11.9. The van der Waals surface area contributed by atoms with Gasteiger partial charge < -0.3 is 0 Å². The highest BCUT2D eigenvalue weighted by Crippen LogP contribution is 2.42. The average molecular weight is 443 g/mol. The Bertz CT molecular complexity index is 803. The van der Waals surface area contributed by atoms with Crippen molar-refractivity contribution in [1.29, 1.82) is 0 Å². The molecule has 0 spiro atoms. The van der Waals surface area contributed by atoms with Gasteiger partial charge in [-0.2, -0.15) is 0 Å². The summed E-state index contributed by atoms with van der Waals surface area (Å²) in [6.45, 7) is 4.34. The first kappa shape index (κ1) is 18.2. The molecule has 3 nitrogen and oxygen atoms in total. The van der Waals surface area contributed by atoms with E-state index in [4.69, 9.17) is 23.2 Å². The lowest BCUT2D eigenvalue weighted by Gasteiger charge is -2.09. The van der Waals surface area contributed by atoms with Gasteiger partial charge in [0.1, 0.15) is 13.6 Å². The lowest BCUT2D eigenvalue weighted by Crippen LogP contribution is -2.26. The van der Waals surface area contributed by atoms with Gasteiger partial charge in [-0.25, -0.2) is 13.1 Å². The second-order valence-electron chi connectivity index (χ2n) is 4.87. The van der Waals surface area contributed by atoms with Gasteiger partial charge in [0.15, 0.2) is 0 Å². The lowest BCUT2D eigenvalue weighted by atomic mass is 10.0. The van der Waals surface area contributed by atoms with E-state index in [2.05, 4.69) is 26.7 Å². The summed E-state index contributed by atoms with van der Waals surface area (Å²) < 4.78 is 28.0. The van der Waals surface area contributed by atoms with Crippen molar-refractivity contribution in [2.45, 2.75) is 25.2 Å². The van der Waals surface area contributed by atoms with Crippen LogP contribution in [0.2, 0.25) is 8.67 Å². The number of halogens is 3. The van der Waals surface area contributed by atoms with Crippen LogP contribution in [0, 0.1) is 13.8 Å². The quantitative estimate of drug-likeness (QED) is 0.711. The van der Waals surface area contributed by atoms with Crippen LogP contribution in [-0.2, 0) is 16.4 Å². The molecule has 8 heteroatoms. The van der Waals surface area contributed by atoms with Crippen LogP contribution >= 0.6 is 50.5 Å². The first-order valence-electron chi connectivity index (χ1n) is 6.41. The Labute approximate surface area is 152 Å². The summed E-state index contributed by atoms with van der Waals surface area (Å²) in [5.41, 5.74) is 3.45. The Kier molecular flexibility index (Phi) is 5.96. The van der Waals surface area contributed by atoms with Gasteiger partial charge in [-0.1, -0.05) is 47.0 Å². The smallest absolute Gasteiger partial charge is 0.211 e. The summed E-state index contributed by atoms with van der Waals surface area (Å²) in [4.78, 5) is 0.00444. The molecule has 1 heterocycles. The van der Waals surface area contributed by atoms with E-state index in [1.165, 1.54) is 5.56 Å². The van der Waals surface area contributed by atoms with E-state index in [1.54, 1.807) is 0 Å². The molecule has 0 saturated carbocycles. The molecule has 0 aliphatic carbocycles. The number of hydrogen-bond donors (Lipinski definition) is 1. The van der Waals surface area contributed by atoms with Crippen molar-refractivity contribution < 1.29 is 8.42 Å². The zero-order chi connectivity index (χ0) is 16.5. The van der Waals surface area contributed by atoms with Gasteiger partial charge in [0.05, 0.1) is 4.47 Å². The van der Waals surface area contributed by atoms with Crippen LogP contribution < -0.4 is 4.72 Å². The minimum absolute atomic E-state index is 0.00444. The first-order chi connectivity index (χ1) is 10.2. The Morgan fingerprint density at radius 2 is 1.91 bits per heavy atom. The second-order valence-corrected chi connectivity index (χ2v) is 9.59. The van der Waals surface area contributed by atoms with Crippen LogP contribution in [0.1, 0.15) is 16.7 Å². The fraction of sp³-hybridized carbons (Fsp3) is 0.286. The fourth-order valence-corrected chi connectivity index (χ4v) is 6.67. The molecular weight excluding hydrogens is 429 g/mol. The monoisotopic (exact) mass is 441 g/mol. The first-order valence-corrected chi connectivity index (χ1v) is 10.3. The molecule has 0 fully saturated rings. The van der Waals surface area contributed by atoms with E-state index < -0.39 is 10.0 Å². The Morgan fingerprint density at radius 3 is 2.45 bits per heavy atom. The maximum Gasteiger partial charge on any atom is 0.244 e. The molecule has 0 atom stereocenters. The lowest BCUT2D eigenvalue weighted by molar-refractivity contribution is 0.581. The van der Waals surface area contributed by atoms with Gasteiger partial charge in [-0.15, -0.1) is 11.3 Å². The molecule has 1 aromatic heterocycles. The molecule has 0 bridgehead atoms. The molecule has 0 radical (unpaired) electrons. The van der Waals surface area contributed by atoms with Crippen molar-refractivity contribution in [3.63, 3.8) is 0 Å². The highest BCUT2D eigenvalue weighted by atomic mass is 79.9. The number of rotatable bonds is 5. The molecule has 0 aliphatic heterocycles. The number of nitrogens with one attached hydrogen (secondary N) is 1. The molecule has 120 valence electrons. The molecule has 0 saturated heterocycles. The van der Waals surface area contributed by atoms with E-state index in [0.717, 1.165) is 22.5 Å². The minimum Gasteiger partial charge on any atom is -0.211 e. The van der Waals surface area contributed by atoms with Crippen LogP contribution in [0.5, 0.6) is 0 Å². The zero-order valence-electron chi connectivity index (χ0n) is 11.9. The molecule has 2 aromatic rings. The maximum absolute atomic E-state index is 12.3. The van der Waals surface area contributed by atoms with E-state index in [-0.39, 0.29) is 9.23 Å². The summed E-state index contributed by atoms with van der Waals surface area (Å²) in [5, 5.41) is 0. The Morgan fingerprint density at radius 1 is 1.23 bits per heavy atom. The third-order valence-electron chi connectivity index (χ3n) is 3.18. The van der Waals surface area contributed by atoms with Crippen molar-refractivity contribution in [2.24, 2.45) is 0 Å². The van der Waals surface area contributed by atoms with Crippen molar-refractivity contribution in [2.75, 3.05) is 6.54 Å². The van der Waals surface area contributed by atoms with Crippen molar-refractivity contribution >= 4 is 60.5 Å². The summed E-state index contributed by atoms with van der Waals surface area (Å²) >= 11 is 16.0. The van der Waals surface area contributed by atoms with Gasteiger partial charge in [-0.3, -0.25) is 0 Å². The molecule has 1 aromatic carbocycles. The molecule has 22 heavy (non-hydrogen) atoms. The van der Waals surface area contributed by atoms with Crippen molar-refractivity contribution in [1.82, 2.24) is 4.72 Å². The second kappa shape index (κ2) is 7.20. The highest BCUT2D eigenvalue weighted by molar-refractivity contribution is 9.10. The van der Waals surface area contributed by atoms with Gasteiger partial charge in [0, 0.05) is 6.54 Å². The van der Waals surface area contributed by atoms with Crippen LogP contribution in [0.25, 0.3) is 0 Å². The Hall–Kier alpha value is -0.110. The topological polar surface area (TPSA) is 46.2 Å². The van der Waals surface area contributed by atoms with Crippen molar-refractivity contribution in [3.8, 4) is 0 Å². The maximum atomic E-state index is 12.3. The number of benzene rings is 1.